The van der Waals surface area contributed by atoms with Gasteiger partial charge in [-0.2, -0.15) is 10.1 Å². The maximum Gasteiger partial charge on any atom is 0.222 e. The van der Waals surface area contributed by atoms with Crippen LogP contribution in [0.4, 0.5) is 17.5 Å². The lowest BCUT2D eigenvalue weighted by Gasteiger charge is -2.48. The van der Waals surface area contributed by atoms with Crippen LogP contribution in [0, 0.1) is 12.3 Å². The molecule has 8 nitrogen and oxygen atoms in total. The van der Waals surface area contributed by atoms with Crippen LogP contribution in [-0.4, -0.2) is 46.3 Å². The fourth-order valence-corrected chi connectivity index (χ4v) is 5.44. The van der Waals surface area contributed by atoms with Gasteiger partial charge >= 0.3 is 0 Å². The van der Waals surface area contributed by atoms with Crippen molar-refractivity contribution in [2.75, 3.05) is 41.7 Å². The second kappa shape index (κ2) is 6.87. The standard InChI is InChI=1S/C23H27N7O/c1-15-17-4-3-16(13-19(17)28-27-15)30-9-2-6-23(14-30)7-10-29(11-8-23)21-20-18(5-12-31-20)25-22(24)26-21/h3-5,12-13H,2,6-11,14H2,1H3,(H,27,28)(H2,24,25,26). The normalized spacial score (nSPS) is 19.0. The minimum absolute atomic E-state index is 0.303. The maximum atomic E-state index is 5.95. The molecule has 2 saturated heterocycles. The van der Waals surface area contributed by atoms with E-state index in [1.165, 1.54) is 23.9 Å². The highest BCUT2D eigenvalue weighted by molar-refractivity contribution is 5.85. The maximum absolute atomic E-state index is 5.95. The van der Waals surface area contributed by atoms with E-state index in [1.807, 2.05) is 6.07 Å². The van der Waals surface area contributed by atoms with Crippen LogP contribution in [0.25, 0.3) is 22.0 Å². The van der Waals surface area contributed by atoms with Gasteiger partial charge < -0.3 is 20.0 Å². The number of fused-ring (bicyclic) bond motifs is 2. The van der Waals surface area contributed by atoms with E-state index in [1.54, 1.807) is 6.26 Å². The van der Waals surface area contributed by atoms with Crippen LogP contribution in [0.5, 0.6) is 0 Å². The van der Waals surface area contributed by atoms with E-state index in [9.17, 15) is 0 Å². The van der Waals surface area contributed by atoms with Crippen molar-refractivity contribution in [2.45, 2.75) is 32.6 Å². The molecule has 2 aliphatic rings. The first-order valence-electron chi connectivity index (χ1n) is 11.1. The molecule has 5 heterocycles. The Morgan fingerprint density at radius 3 is 2.77 bits per heavy atom. The SMILES string of the molecule is Cc1[nH]nc2cc(N3CCCC4(CCN(c5nc(N)nc6ccoc56)CC4)C3)ccc12. The number of furan rings is 1. The number of nitrogens with zero attached hydrogens (tertiary/aromatic N) is 5. The lowest BCUT2D eigenvalue weighted by atomic mass is 9.72. The van der Waals surface area contributed by atoms with E-state index in [0.29, 0.717) is 11.4 Å². The summed E-state index contributed by atoms with van der Waals surface area (Å²) in [4.78, 5) is 13.6. The summed E-state index contributed by atoms with van der Waals surface area (Å²) in [6, 6.07) is 8.51. The summed E-state index contributed by atoms with van der Waals surface area (Å²) < 4.78 is 5.67. The number of nitrogens with one attached hydrogen (secondary N) is 1. The second-order valence-electron chi connectivity index (χ2n) is 9.10. The van der Waals surface area contributed by atoms with Crippen LogP contribution in [-0.2, 0) is 0 Å². The number of H-pyrrole nitrogens is 1. The topological polar surface area (TPSA) is 100 Å². The zero-order chi connectivity index (χ0) is 21.0. The average Bonchev–Trinajstić information content (AvgIpc) is 3.40. The lowest BCUT2D eigenvalue weighted by molar-refractivity contribution is 0.179. The number of nitrogen functional groups attached to an aromatic ring is 1. The largest absolute Gasteiger partial charge is 0.459 e. The molecule has 6 rings (SSSR count). The smallest absolute Gasteiger partial charge is 0.222 e. The molecular weight excluding hydrogens is 390 g/mol. The molecule has 31 heavy (non-hydrogen) atoms. The number of nitrogens with two attached hydrogens (primary N) is 1. The molecule has 0 atom stereocenters. The van der Waals surface area contributed by atoms with Crippen molar-refractivity contribution in [1.82, 2.24) is 20.2 Å². The Labute approximate surface area is 180 Å². The van der Waals surface area contributed by atoms with Gasteiger partial charge in [0.2, 0.25) is 5.95 Å². The van der Waals surface area contributed by atoms with Gasteiger partial charge in [0.15, 0.2) is 11.4 Å². The number of rotatable bonds is 2. The van der Waals surface area contributed by atoms with Gasteiger partial charge in [-0.25, -0.2) is 4.98 Å². The summed E-state index contributed by atoms with van der Waals surface area (Å²) in [6.45, 7) is 6.18. The van der Waals surface area contributed by atoms with E-state index >= 15 is 0 Å². The van der Waals surface area contributed by atoms with E-state index in [0.717, 1.165) is 67.1 Å². The second-order valence-corrected chi connectivity index (χ2v) is 9.10. The van der Waals surface area contributed by atoms with Crippen molar-refractivity contribution in [3.8, 4) is 0 Å². The van der Waals surface area contributed by atoms with Crippen LogP contribution in [0.2, 0.25) is 0 Å². The van der Waals surface area contributed by atoms with Gasteiger partial charge in [0.25, 0.3) is 0 Å². The molecule has 8 heteroatoms. The number of aromatic nitrogens is 4. The summed E-state index contributed by atoms with van der Waals surface area (Å²) in [5, 5.41) is 8.76. The predicted molar refractivity (Wildman–Crippen MR) is 122 cm³/mol. The number of aromatic amines is 1. The number of hydrogen-bond acceptors (Lipinski definition) is 7. The van der Waals surface area contributed by atoms with Gasteiger partial charge in [-0.3, -0.25) is 5.10 Å². The molecule has 0 amide bonds. The van der Waals surface area contributed by atoms with Crippen LogP contribution in [0.1, 0.15) is 31.4 Å². The zero-order valence-electron chi connectivity index (χ0n) is 17.8. The highest BCUT2D eigenvalue weighted by atomic mass is 16.3. The van der Waals surface area contributed by atoms with Crippen molar-refractivity contribution < 1.29 is 4.42 Å². The third-order valence-corrected chi connectivity index (χ3v) is 7.18. The van der Waals surface area contributed by atoms with Crippen LogP contribution in [0.15, 0.2) is 34.9 Å². The van der Waals surface area contributed by atoms with Gasteiger partial charge in [-0.05, 0) is 56.2 Å². The number of piperidine rings is 2. The molecule has 1 spiro atoms. The highest BCUT2D eigenvalue weighted by Gasteiger charge is 2.39. The molecule has 0 aliphatic carbocycles. The Hall–Kier alpha value is -3.29. The van der Waals surface area contributed by atoms with Crippen molar-refractivity contribution in [3.05, 3.63) is 36.2 Å². The number of benzene rings is 1. The van der Waals surface area contributed by atoms with Crippen molar-refractivity contribution >= 4 is 39.5 Å². The Balaban J connectivity index is 1.21. The van der Waals surface area contributed by atoms with E-state index in [4.69, 9.17) is 10.2 Å². The first-order valence-corrected chi connectivity index (χ1v) is 11.1. The molecule has 0 saturated carbocycles. The van der Waals surface area contributed by atoms with E-state index in [2.05, 4.69) is 55.1 Å². The third kappa shape index (κ3) is 3.08. The quantitative estimate of drug-likeness (QED) is 0.510. The molecule has 2 aliphatic heterocycles. The molecular formula is C23H27N7O. The minimum atomic E-state index is 0.303. The van der Waals surface area contributed by atoms with Gasteiger partial charge in [-0.15, -0.1) is 0 Å². The van der Waals surface area contributed by atoms with Gasteiger partial charge in [-0.1, -0.05) is 0 Å². The van der Waals surface area contributed by atoms with Gasteiger partial charge in [0.1, 0.15) is 5.52 Å². The van der Waals surface area contributed by atoms with E-state index in [-0.39, 0.29) is 0 Å². The van der Waals surface area contributed by atoms with Crippen LogP contribution < -0.4 is 15.5 Å². The summed E-state index contributed by atoms with van der Waals surface area (Å²) >= 11 is 0. The Kier molecular flexibility index (Phi) is 4.09. The predicted octanol–water partition coefficient (Wildman–Crippen LogP) is 3.88. The fourth-order valence-electron chi connectivity index (χ4n) is 5.44. The first kappa shape index (κ1) is 18.5. The van der Waals surface area contributed by atoms with Gasteiger partial charge in [0.05, 0.1) is 11.8 Å². The lowest BCUT2D eigenvalue weighted by Crippen LogP contribution is -2.50. The van der Waals surface area contributed by atoms with Gasteiger partial charge in [0, 0.05) is 49.0 Å². The summed E-state index contributed by atoms with van der Waals surface area (Å²) in [6.07, 6.45) is 6.44. The molecule has 3 N–H and O–H groups in total. The monoisotopic (exact) mass is 417 g/mol. The Morgan fingerprint density at radius 1 is 1.03 bits per heavy atom. The van der Waals surface area contributed by atoms with Crippen LogP contribution >= 0.6 is 0 Å². The molecule has 160 valence electrons. The van der Waals surface area contributed by atoms with Crippen LogP contribution in [0.3, 0.4) is 0 Å². The molecule has 0 unspecified atom stereocenters. The fraction of sp³-hybridized carbons (Fsp3) is 0.435. The van der Waals surface area contributed by atoms with Crippen molar-refractivity contribution in [1.29, 1.82) is 0 Å². The van der Waals surface area contributed by atoms with Crippen molar-refractivity contribution in [3.63, 3.8) is 0 Å². The first-order chi connectivity index (χ1) is 15.1. The zero-order valence-corrected chi connectivity index (χ0v) is 17.8. The summed E-state index contributed by atoms with van der Waals surface area (Å²) in [7, 11) is 0. The molecule has 0 bridgehead atoms. The highest BCUT2D eigenvalue weighted by Crippen LogP contribution is 2.42. The minimum Gasteiger partial charge on any atom is -0.459 e. The summed E-state index contributed by atoms with van der Waals surface area (Å²) in [5.41, 5.74) is 11.2. The Bertz CT molecular complexity index is 1250. The number of anilines is 3. The molecule has 1 aromatic carbocycles. The average molecular weight is 418 g/mol. The van der Waals surface area contributed by atoms with Crippen molar-refractivity contribution in [2.24, 2.45) is 5.41 Å². The molecule has 2 fully saturated rings. The molecule has 3 aromatic heterocycles. The number of aryl methyl sites for hydroxylation is 1. The number of hydrogen-bond donors (Lipinski definition) is 2. The molecule has 4 aromatic rings. The molecule has 0 radical (unpaired) electrons. The summed E-state index contributed by atoms with van der Waals surface area (Å²) in [5.74, 6) is 1.13. The third-order valence-electron chi connectivity index (χ3n) is 7.18. The Morgan fingerprint density at radius 2 is 1.90 bits per heavy atom. The van der Waals surface area contributed by atoms with E-state index < -0.39 is 0 Å².